The van der Waals surface area contributed by atoms with Crippen LogP contribution < -0.4 is 11.1 Å². The average molecular weight is 172 g/mol. The zero-order valence-corrected chi connectivity index (χ0v) is 8.21. The summed E-state index contributed by atoms with van der Waals surface area (Å²) in [6, 6.07) is 1.14. The zero-order chi connectivity index (χ0) is 9.14. The summed E-state index contributed by atoms with van der Waals surface area (Å²) in [6.45, 7) is 7.08. The minimum absolute atomic E-state index is 0.281. The summed E-state index contributed by atoms with van der Waals surface area (Å²) in [5, 5.41) is 3.41. The molecule has 1 aliphatic carbocycles. The molecule has 1 fully saturated rings. The Kier molecular flexibility index (Phi) is 3.50. The third-order valence-electron chi connectivity index (χ3n) is 2.27. The van der Waals surface area contributed by atoms with Gasteiger partial charge in [-0.3, -0.25) is 0 Å². The standard InChI is InChI=1S/C9H20N2O/c1-4-12-8-5-7(10)9(8)11-6(2)3/h6-9,11H,4-5,10H2,1-3H3. The average Bonchev–Trinajstić information content (AvgIpc) is 2.00. The Bertz CT molecular complexity index is 136. The van der Waals surface area contributed by atoms with Crippen LogP contribution >= 0.6 is 0 Å². The van der Waals surface area contributed by atoms with Crippen LogP contribution in [0.25, 0.3) is 0 Å². The third kappa shape index (κ3) is 2.19. The van der Waals surface area contributed by atoms with Crippen molar-refractivity contribution in [2.45, 2.75) is 51.4 Å². The Hall–Kier alpha value is -0.120. The molecule has 0 aliphatic heterocycles. The number of ether oxygens (including phenoxy) is 1. The molecule has 3 heteroatoms. The van der Waals surface area contributed by atoms with Crippen molar-refractivity contribution < 1.29 is 4.74 Å². The quantitative estimate of drug-likeness (QED) is 0.649. The van der Waals surface area contributed by atoms with Gasteiger partial charge in [-0.2, -0.15) is 0 Å². The fourth-order valence-corrected chi connectivity index (χ4v) is 1.64. The van der Waals surface area contributed by atoms with Crippen LogP contribution in [-0.4, -0.2) is 30.8 Å². The van der Waals surface area contributed by atoms with Gasteiger partial charge in [0.1, 0.15) is 0 Å². The van der Waals surface area contributed by atoms with Crippen LogP contribution in [0.15, 0.2) is 0 Å². The lowest BCUT2D eigenvalue weighted by Gasteiger charge is -2.43. The van der Waals surface area contributed by atoms with Crippen molar-refractivity contribution in [1.29, 1.82) is 0 Å². The molecule has 0 aromatic carbocycles. The predicted molar refractivity (Wildman–Crippen MR) is 50.1 cm³/mol. The SMILES string of the molecule is CCOC1CC(N)C1NC(C)C. The zero-order valence-electron chi connectivity index (χ0n) is 8.21. The van der Waals surface area contributed by atoms with Crippen LogP contribution in [0.1, 0.15) is 27.2 Å². The fraction of sp³-hybridized carbons (Fsp3) is 1.00. The van der Waals surface area contributed by atoms with E-state index in [-0.39, 0.29) is 6.04 Å². The van der Waals surface area contributed by atoms with E-state index >= 15 is 0 Å². The van der Waals surface area contributed by atoms with Gasteiger partial charge in [0.05, 0.1) is 6.10 Å². The first-order valence-corrected chi connectivity index (χ1v) is 4.78. The van der Waals surface area contributed by atoms with Crippen molar-refractivity contribution in [1.82, 2.24) is 5.32 Å². The van der Waals surface area contributed by atoms with Gasteiger partial charge in [0.25, 0.3) is 0 Å². The normalized spacial score (nSPS) is 35.2. The summed E-state index contributed by atoms with van der Waals surface area (Å²) in [5.74, 6) is 0. The molecule has 3 nitrogen and oxygen atoms in total. The van der Waals surface area contributed by atoms with E-state index in [1.54, 1.807) is 0 Å². The van der Waals surface area contributed by atoms with Crippen LogP contribution in [0.4, 0.5) is 0 Å². The largest absolute Gasteiger partial charge is 0.377 e. The highest BCUT2D eigenvalue weighted by molar-refractivity contribution is 4.99. The molecule has 1 saturated carbocycles. The van der Waals surface area contributed by atoms with Gasteiger partial charge in [0.15, 0.2) is 0 Å². The van der Waals surface area contributed by atoms with Crippen LogP contribution in [-0.2, 0) is 4.74 Å². The Balaban J connectivity index is 2.28. The number of rotatable bonds is 4. The second kappa shape index (κ2) is 4.21. The minimum atomic E-state index is 0.281. The monoisotopic (exact) mass is 172 g/mol. The maximum atomic E-state index is 5.85. The molecule has 0 amide bonds. The Morgan fingerprint density at radius 1 is 1.58 bits per heavy atom. The van der Waals surface area contributed by atoms with E-state index in [2.05, 4.69) is 19.2 Å². The lowest BCUT2D eigenvalue weighted by Crippen LogP contribution is -2.64. The van der Waals surface area contributed by atoms with Crippen molar-refractivity contribution in [3.63, 3.8) is 0 Å². The molecule has 0 aromatic rings. The summed E-state index contributed by atoms with van der Waals surface area (Å²) in [4.78, 5) is 0. The molecule has 0 saturated heterocycles. The van der Waals surface area contributed by atoms with E-state index in [0.717, 1.165) is 13.0 Å². The summed E-state index contributed by atoms with van der Waals surface area (Å²) < 4.78 is 5.52. The first kappa shape index (κ1) is 9.96. The highest BCUT2D eigenvalue weighted by Gasteiger charge is 2.39. The lowest BCUT2D eigenvalue weighted by molar-refractivity contribution is -0.0345. The van der Waals surface area contributed by atoms with Gasteiger partial charge in [-0.25, -0.2) is 0 Å². The summed E-state index contributed by atoms with van der Waals surface area (Å²) in [7, 11) is 0. The highest BCUT2D eigenvalue weighted by atomic mass is 16.5. The molecule has 3 N–H and O–H groups in total. The van der Waals surface area contributed by atoms with E-state index < -0.39 is 0 Å². The topological polar surface area (TPSA) is 47.3 Å². The number of nitrogens with two attached hydrogens (primary N) is 1. The van der Waals surface area contributed by atoms with Crippen molar-refractivity contribution in [2.24, 2.45) is 5.73 Å². The minimum Gasteiger partial charge on any atom is -0.377 e. The molecule has 0 bridgehead atoms. The van der Waals surface area contributed by atoms with Crippen molar-refractivity contribution in [3.05, 3.63) is 0 Å². The number of nitrogens with one attached hydrogen (secondary N) is 1. The van der Waals surface area contributed by atoms with Gasteiger partial charge in [0.2, 0.25) is 0 Å². The third-order valence-corrected chi connectivity index (χ3v) is 2.27. The van der Waals surface area contributed by atoms with E-state index in [9.17, 15) is 0 Å². The van der Waals surface area contributed by atoms with Gasteiger partial charge < -0.3 is 15.8 Å². The predicted octanol–water partition coefficient (Wildman–Crippen LogP) is 0.489. The molecule has 0 heterocycles. The fourth-order valence-electron chi connectivity index (χ4n) is 1.64. The summed E-state index contributed by atoms with van der Waals surface area (Å²) in [5.41, 5.74) is 5.85. The van der Waals surface area contributed by atoms with Crippen molar-refractivity contribution in [2.75, 3.05) is 6.61 Å². The maximum Gasteiger partial charge on any atom is 0.0758 e. The van der Waals surface area contributed by atoms with E-state index in [4.69, 9.17) is 10.5 Å². The van der Waals surface area contributed by atoms with Gasteiger partial charge in [-0.1, -0.05) is 13.8 Å². The molecule has 0 spiro atoms. The highest BCUT2D eigenvalue weighted by Crippen LogP contribution is 2.22. The molecule has 1 rings (SSSR count). The molecule has 3 unspecified atom stereocenters. The van der Waals surface area contributed by atoms with E-state index in [1.807, 2.05) is 6.92 Å². The van der Waals surface area contributed by atoms with E-state index in [1.165, 1.54) is 0 Å². The van der Waals surface area contributed by atoms with Gasteiger partial charge in [-0.15, -0.1) is 0 Å². The van der Waals surface area contributed by atoms with E-state index in [0.29, 0.717) is 18.2 Å². The van der Waals surface area contributed by atoms with Crippen LogP contribution in [0.3, 0.4) is 0 Å². The Morgan fingerprint density at radius 3 is 2.67 bits per heavy atom. The molecule has 12 heavy (non-hydrogen) atoms. The van der Waals surface area contributed by atoms with Crippen LogP contribution in [0, 0.1) is 0 Å². The maximum absolute atomic E-state index is 5.85. The molecular formula is C9H20N2O. The van der Waals surface area contributed by atoms with Gasteiger partial charge in [-0.05, 0) is 13.3 Å². The molecule has 3 atom stereocenters. The summed E-state index contributed by atoms with van der Waals surface area (Å²) in [6.07, 6.45) is 1.34. The Labute approximate surface area is 74.7 Å². The van der Waals surface area contributed by atoms with Gasteiger partial charge in [0, 0.05) is 24.7 Å². The van der Waals surface area contributed by atoms with Crippen molar-refractivity contribution in [3.8, 4) is 0 Å². The molecular weight excluding hydrogens is 152 g/mol. The first-order chi connectivity index (χ1) is 5.65. The number of hydrogen-bond acceptors (Lipinski definition) is 3. The first-order valence-electron chi connectivity index (χ1n) is 4.78. The molecule has 1 aliphatic rings. The number of hydrogen-bond donors (Lipinski definition) is 2. The second-order valence-corrected chi connectivity index (χ2v) is 3.74. The summed E-state index contributed by atoms with van der Waals surface area (Å²) >= 11 is 0. The molecule has 0 radical (unpaired) electrons. The molecule has 0 aromatic heterocycles. The smallest absolute Gasteiger partial charge is 0.0758 e. The second-order valence-electron chi connectivity index (χ2n) is 3.74. The van der Waals surface area contributed by atoms with Crippen molar-refractivity contribution >= 4 is 0 Å². The van der Waals surface area contributed by atoms with Crippen LogP contribution in [0.2, 0.25) is 0 Å². The van der Waals surface area contributed by atoms with Gasteiger partial charge >= 0.3 is 0 Å². The van der Waals surface area contributed by atoms with Crippen LogP contribution in [0.5, 0.6) is 0 Å². The molecule has 72 valence electrons. The lowest BCUT2D eigenvalue weighted by atomic mass is 9.83. The Morgan fingerprint density at radius 2 is 2.25 bits per heavy atom.